The van der Waals surface area contributed by atoms with Gasteiger partial charge in [0.1, 0.15) is 5.56 Å². The molecule has 0 atom stereocenters. The first-order valence-electron chi connectivity index (χ1n) is 3.65. The Bertz CT molecular complexity index is 400. The normalized spacial score (nSPS) is 10.7. The van der Waals surface area contributed by atoms with Gasteiger partial charge in [-0.05, 0) is 16.0 Å². The molecule has 1 heterocycles. The Morgan fingerprint density at radius 2 is 2.20 bits per heavy atom. The molecule has 0 aliphatic heterocycles. The summed E-state index contributed by atoms with van der Waals surface area (Å²) in [6.07, 6.45) is -3.16. The van der Waals surface area contributed by atoms with Crippen molar-refractivity contribution in [3.8, 4) is 0 Å². The molecule has 1 aromatic rings. The van der Waals surface area contributed by atoms with Crippen molar-refractivity contribution in [2.24, 2.45) is 0 Å². The van der Waals surface area contributed by atoms with Gasteiger partial charge in [-0.1, -0.05) is 0 Å². The van der Waals surface area contributed by atoms with E-state index in [0.29, 0.717) is 6.07 Å². The number of rotatable bonds is 3. The lowest BCUT2D eigenvalue weighted by Gasteiger charge is -2.02. The van der Waals surface area contributed by atoms with Crippen molar-refractivity contribution in [2.45, 2.75) is 12.3 Å². The number of halogens is 4. The smallest absolute Gasteiger partial charge is 0.358 e. The van der Waals surface area contributed by atoms with Crippen LogP contribution in [-0.4, -0.2) is 9.91 Å². The van der Waals surface area contributed by atoms with Gasteiger partial charge in [-0.2, -0.15) is 0 Å². The number of nitrogens with zero attached hydrogens (tertiary/aromatic N) is 2. The molecule has 0 radical (unpaired) electrons. The molecule has 1 rings (SSSR count). The summed E-state index contributed by atoms with van der Waals surface area (Å²) in [4.78, 5) is 12.4. The molecule has 0 aromatic carbocycles. The molecule has 0 aliphatic rings. The number of alkyl halides is 3. The molecule has 0 saturated carbocycles. The van der Waals surface area contributed by atoms with Gasteiger partial charge in [0.25, 0.3) is 6.43 Å². The van der Waals surface area contributed by atoms with Gasteiger partial charge in [-0.3, -0.25) is 0 Å². The van der Waals surface area contributed by atoms with Gasteiger partial charge in [0.15, 0.2) is 5.82 Å². The van der Waals surface area contributed by atoms with Crippen LogP contribution in [0.1, 0.15) is 17.7 Å². The molecular formula is C7H4ClF3N2O2. The zero-order valence-corrected chi connectivity index (χ0v) is 7.84. The molecule has 0 fully saturated rings. The standard InChI is InChI=1S/C7H4ClF3N2O2/c8-2-5-4(9)1-3(6(10)11)7(12-5)13(14)15/h1,6H,2H2. The van der Waals surface area contributed by atoms with Gasteiger partial charge in [0, 0.05) is 0 Å². The van der Waals surface area contributed by atoms with E-state index in [1.165, 1.54) is 0 Å². The number of hydrogen-bond acceptors (Lipinski definition) is 3. The van der Waals surface area contributed by atoms with E-state index in [1.807, 2.05) is 0 Å². The molecule has 8 heteroatoms. The summed E-state index contributed by atoms with van der Waals surface area (Å²) in [5.41, 5.74) is -1.47. The average molecular weight is 241 g/mol. The quantitative estimate of drug-likeness (QED) is 0.464. The van der Waals surface area contributed by atoms with Crippen LogP contribution in [0.2, 0.25) is 0 Å². The van der Waals surface area contributed by atoms with E-state index in [4.69, 9.17) is 11.6 Å². The molecular weight excluding hydrogens is 237 g/mol. The Balaban J connectivity index is 3.39. The molecule has 0 bridgehead atoms. The summed E-state index contributed by atoms with van der Waals surface area (Å²) >= 11 is 5.23. The Kier molecular flexibility index (Phi) is 3.46. The van der Waals surface area contributed by atoms with Crippen LogP contribution in [-0.2, 0) is 5.88 Å². The van der Waals surface area contributed by atoms with Crippen molar-refractivity contribution >= 4 is 17.4 Å². The summed E-state index contributed by atoms with van der Waals surface area (Å²) in [5.74, 6) is -2.57. The number of nitro groups is 1. The highest BCUT2D eigenvalue weighted by atomic mass is 35.5. The molecule has 4 nitrogen and oxygen atoms in total. The zero-order valence-electron chi connectivity index (χ0n) is 7.08. The minimum Gasteiger partial charge on any atom is -0.358 e. The van der Waals surface area contributed by atoms with E-state index in [-0.39, 0.29) is 0 Å². The number of hydrogen-bond donors (Lipinski definition) is 0. The zero-order chi connectivity index (χ0) is 11.6. The predicted octanol–water partition coefficient (Wildman–Crippen LogP) is 2.81. The summed E-state index contributed by atoms with van der Waals surface area (Å²) in [5, 5.41) is 10.3. The lowest BCUT2D eigenvalue weighted by molar-refractivity contribution is -0.391. The molecule has 82 valence electrons. The van der Waals surface area contributed by atoms with Crippen LogP contribution < -0.4 is 0 Å². The van der Waals surface area contributed by atoms with Crippen LogP contribution in [0.3, 0.4) is 0 Å². The minimum absolute atomic E-state index is 0.382. The van der Waals surface area contributed by atoms with Crippen molar-refractivity contribution in [2.75, 3.05) is 0 Å². The van der Waals surface area contributed by atoms with Gasteiger partial charge in [0.05, 0.1) is 5.88 Å². The first kappa shape index (κ1) is 11.7. The van der Waals surface area contributed by atoms with E-state index >= 15 is 0 Å². The minimum atomic E-state index is -3.16. The Hall–Kier alpha value is -1.37. The fourth-order valence-electron chi connectivity index (χ4n) is 0.931. The molecule has 0 N–H and O–H groups in total. The van der Waals surface area contributed by atoms with Crippen LogP contribution in [0.5, 0.6) is 0 Å². The average Bonchev–Trinajstić information content (AvgIpc) is 2.16. The highest BCUT2D eigenvalue weighted by molar-refractivity contribution is 6.16. The van der Waals surface area contributed by atoms with Crippen molar-refractivity contribution in [3.63, 3.8) is 0 Å². The lowest BCUT2D eigenvalue weighted by Crippen LogP contribution is -2.04. The first-order chi connectivity index (χ1) is 6.97. The summed E-state index contributed by atoms with van der Waals surface area (Å²) in [6.45, 7) is 0. The topological polar surface area (TPSA) is 56.0 Å². The molecule has 15 heavy (non-hydrogen) atoms. The maximum Gasteiger partial charge on any atom is 0.372 e. The van der Waals surface area contributed by atoms with Crippen molar-refractivity contribution < 1.29 is 18.1 Å². The highest BCUT2D eigenvalue weighted by Crippen LogP contribution is 2.28. The third-order valence-corrected chi connectivity index (χ3v) is 1.84. The molecule has 0 unspecified atom stereocenters. The third kappa shape index (κ3) is 2.35. The van der Waals surface area contributed by atoms with E-state index in [0.717, 1.165) is 0 Å². The summed E-state index contributed by atoms with van der Waals surface area (Å²) < 4.78 is 37.5. The largest absolute Gasteiger partial charge is 0.372 e. The fraction of sp³-hybridized carbons (Fsp3) is 0.286. The number of aromatic nitrogens is 1. The van der Waals surface area contributed by atoms with Crippen LogP contribution in [0.25, 0.3) is 0 Å². The second kappa shape index (κ2) is 4.43. The van der Waals surface area contributed by atoms with Crippen molar-refractivity contribution in [3.05, 3.63) is 33.3 Å². The molecule has 0 aliphatic carbocycles. The van der Waals surface area contributed by atoms with Crippen molar-refractivity contribution in [1.82, 2.24) is 4.98 Å². The van der Waals surface area contributed by atoms with Gasteiger partial charge in [-0.15, -0.1) is 11.6 Å². The maximum absolute atomic E-state index is 13.0. The predicted molar refractivity (Wildman–Crippen MR) is 45.4 cm³/mol. The monoisotopic (exact) mass is 240 g/mol. The molecule has 0 spiro atoms. The Labute approximate surface area is 86.8 Å². The van der Waals surface area contributed by atoms with E-state index in [9.17, 15) is 23.3 Å². The third-order valence-electron chi connectivity index (χ3n) is 1.59. The summed E-state index contributed by atoms with van der Waals surface area (Å²) in [6, 6.07) is 0.382. The lowest BCUT2D eigenvalue weighted by atomic mass is 10.2. The molecule has 0 saturated heterocycles. The fourth-order valence-corrected chi connectivity index (χ4v) is 1.12. The number of pyridine rings is 1. The SMILES string of the molecule is O=[N+]([O-])c1nc(CCl)c(F)cc1C(F)F. The molecule has 1 aromatic heterocycles. The maximum atomic E-state index is 13.0. The Morgan fingerprint density at radius 3 is 2.60 bits per heavy atom. The summed E-state index contributed by atoms with van der Waals surface area (Å²) in [7, 11) is 0. The molecule has 0 amide bonds. The van der Waals surface area contributed by atoms with Gasteiger partial charge in [0.2, 0.25) is 5.69 Å². The van der Waals surface area contributed by atoms with E-state index in [2.05, 4.69) is 4.98 Å². The van der Waals surface area contributed by atoms with Crippen LogP contribution in [0, 0.1) is 15.9 Å². The van der Waals surface area contributed by atoms with Gasteiger partial charge >= 0.3 is 5.82 Å². The van der Waals surface area contributed by atoms with Crippen LogP contribution in [0.4, 0.5) is 19.0 Å². The van der Waals surface area contributed by atoms with Gasteiger partial charge < -0.3 is 10.1 Å². The van der Waals surface area contributed by atoms with E-state index < -0.39 is 40.1 Å². The van der Waals surface area contributed by atoms with Crippen LogP contribution >= 0.6 is 11.6 Å². The Morgan fingerprint density at radius 1 is 1.60 bits per heavy atom. The van der Waals surface area contributed by atoms with E-state index in [1.54, 1.807) is 0 Å². The highest BCUT2D eigenvalue weighted by Gasteiger charge is 2.27. The van der Waals surface area contributed by atoms with Crippen molar-refractivity contribution in [1.29, 1.82) is 0 Å². The second-order valence-corrected chi connectivity index (χ2v) is 2.79. The van der Waals surface area contributed by atoms with Gasteiger partial charge in [-0.25, -0.2) is 13.2 Å². The second-order valence-electron chi connectivity index (χ2n) is 2.52. The van der Waals surface area contributed by atoms with Crippen LogP contribution in [0.15, 0.2) is 6.07 Å². The first-order valence-corrected chi connectivity index (χ1v) is 4.18.